The van der Waals surface area contributed by atoms with Crippen LogP contribution in [0, 0.1) is 18.3 Å². The van der Waals surface area contributed by atoms with Crippen molar-refractivity contribution in [2.75, 3.05) is 4.72 Å². The summed E-state index contributed by atoms with van der Waals surface area (Å²) >= 11 is 5.78. The quantitative estimate of drug-likeness (QED) is 0.905. The molecule has 0 spiro atoms. The number of H-pyrrole nitrogens is 1. The zero-order valence-electron chi connectivity index (χ0n) is 9.81. The van der Waals surface area contributed by atoms with Crippen LogP contribution in [-0.2, 0) is 10.0 Å². The highest BCUT2D eigenvalue weighted by molar-refractivity contribution is 7.92. The number of benzene rings is 1. The summed E-state index contributed by atoms with van der Waals surface area (Å²) in [5, 5.41) is 15.3. The van der Waals surface area contributed by atoms with Gasteiger partial charge in [0.05, 0.1) is 11.1 Å². The molecule has 1 aromatic heterocycles. The number of aryl methyl sites for hydroxylation is 1. The Morgan fingerprint density at radius 1 is 1.47 bits per heavy atom. The molecule has 0 saturated carbocycles. The van der Waals surface area contributed by atoms with Crippen molar-refractivity contribution in [2.24, 2.45) is 0 Å². The average Bonchev–Trinajstić information content (AvgIpc) is 2.74. The smallest absolute Gasteiger partial charge is 0.263 e. The second-order valence-electron chi connectivity index (χ2n) is 3.79. The molecular formula is C11H9ClN4O2S. The summed E-state index contributed by atoms with van der Waals surface area (Å²) in [6.07, 6.45) is 1.24. The van der Waals surface area contributed by atoms with Crippen molar-refractivity contribution in [1.29, 1.82) is 5.26 Å². The van der Waals surface area contributed by atoms with Crippen molar-refractivity contribution in [3.05, 3.63) is 40.5 Å². The summed E-state index contributed by atoms with van der Waals surface area (Å²) in [5.74, 6) is 0.0388. The van der Waals surface area contributed by atoms with Crippen molar-refractivity contribution in [3.8, 4) is 6.07 Å². The van der Waals surface area contributed by atoms with E-state index in [9.17, 15) is 8.42 Å². The molecule has 98 valence electrons. The fourth-order valence-electron chi connectivity index (χ4n) is 1.55. The molecule has 0 unspecified atom stereocenters. The molecule has 0 amide bonds. The monoisotopic (exact) mass is 296 g/mol. The van der Waals surface area contributed by atoms with Crippen molar-refractivity contribution < 1.29 is 8.42 Å². The number of rotatable bonds is 3. The van der Waals surface area contributed by atoms with Crippen LogP contribution >= 0.6 is 11.6 Å². The van der Waals surface area contributed by atoms with Gasteiger partial charge < -0.3 is 0 Å². The summed E-state index contributed by atoms with van der Waals surface area (Å²) in [7, 11) is -3.79. The lowest BCUT2D eigenvalue weighted by Gasteiger charge is -2.09. The minimum Gasteiger partial charge on any atom is -0.263 e. The number of sulfonamides is 1. The van der Waals surface area contributed by atoms with Gasteiger partial charge in [0.15, 0.2) is 5.82 Å². The number of nitrogens with one attached hydrogen (secondary N) is 2. The zero-order valence-corrected chi connectivity index (χ0v) is 11.4. The number of halogens is 1. The van der Waals surface area contributed by atoms with E-state index in [1.807, 2.05) is 6.07 Å². The average molecular weight is 297 g/mol. The molecule has 2 aromatic rings. The molecule has 6 nitrogen and oxygen atoms in total. The SMILES string of the molecule is Cc1cc(Cl)ccc1S(=O)(=O)Nc1[nH]ncc1C#N. The van der Waals surface area contributed by atoms with Gasteiger partial charge in [0, 0.05) is 5.02 Å². The van der Waals surface area contributed by atoms with Crippen LogP contribution in [0.1, 0.15) is 11.1 Å². The van der Waals surface area contributed by atoms with E-state index >= 15 is 0 Å². The van der Waals surface area contributed by atoms with E-state index in [4.69, 9.17) is 16.9 Å². The molecule has 1 aromatic carbocycles. The van der Waals surface area contributed by atoms with E-state index in [2.05, 4.69) is 14.9 Å². The zero-order chi connectivity index (χ0) is 14.0. The normalized spacial score (nSPS) is 11.0. The topological polar surface area (TPSA) is 98.6 Å². The molecule has 8 heteroatoms. The van der Waals surface area contributed by atoms with E-state index in [1.165, 1.54) is 18.3 Å². The lowest BCUT2D eigenvalue weighted by Crippen LogP contribution is -2.15. The van der Waals surface area contributed by atoms with E-state index in [1.54, 1.807) is 13.0 Å². The van der Waals surface area contributed by atoms with E-state index in [0.29, 0.717) is 10.6 Å². The number of aromatic nitrogens is 2. The van der Waals surface area contributed by atoms with Crippen LogP contribution in [-0.4, -0.2) is 18.6 Å². The molecule has 0 aliphatic heterocycles. The molecule has 0 fully saturated rings. The number of nitriles is 1. The lowest BCUT2D eigenvalue weighted by molar-refractivity contribution is 0.600. The van der Waals surface area contributed by atoms with Gasteiger partial charge in [0.2, 0.25) is 0 Å². The maximum Gasteiger partial charge on any atom is 0.263 e. The lowest BCUT2D eigenvalue weighted by atomic mass is 10.2. The van der Waals surface area contributed by atoms with Crippen molar-refractivity contribution >= 4 is 27.4 Å². The molecule has 19 heavy (non-hydrogen) atoms. The fourth-order valence-corrected chi connectivity index (χ4v) is 3.04. The van der Waals surface area contributed by atoms with Gasteiger partial charge in [0.1, 0.15) is 11.6 Å². The maximum absolute atomic E-state index is 12.2. The van der Waals surface area contributed by atoms with Gasteiger partial charge >= 0.3 is 0 Å². The first-order chi connectivity index (χ1) is 8.94. The van der Waals surface area contributed by atoms with Gasteiger partial charge in [-0.05, 0) is 30.7 Å². The van der Waals surface area contributed by atoms with E-state index < -0.39 is 10.0 Å². The Morgan fingerprint density at radius 2 is 2.21 bits per heavy atom. The first-order valence-electron chi connectivity index (χ1n) is 5.16. The molecule has 0 aliphatic carbocycles. The van der Waals surface area contributed by atoms with E-state index in [0.717, 1.165) is 0 Å². The number of hydrogen-bond donors (Lipinski definition) is 2. The van der Waals surface area contributed by atoms with Crippen LogP contribution in [0.25, 0.3) is 0 Å². The Morgan fingerprint density at radius 3 is 2.84 bits per heavy atom. The first-order valence-corrected chi connectivity index (χ1v) is 7.02. The summed E-state index contributed by atoms with van der Waals surface area (Å²) in [6, 6.07) is 6.27. The van der Waals surface area contributed by atoms with Crippen LogP contribution in [0.3, 0.4) is 0 Å². The third kappa shape index (κ3) is 2.70. The molecule has 0 atom stereocenters. The molecule has 2 rings (SSSR count). The Kier molecular flexibility index (Phi) is 3.46. The predicted octanol–water partition coefficient (Wildman–Crippen LogP) is 2.04. The minimum atomic E-state index is -3.79. The number of hydrogen-bond acceptors (Lipinski definition) is 4. The molecule has 1 heterocycles. The molecule has 0 aliphatic rings. The van der Waals surface area contributed by atoms with Gasteiger partial charge in [-0.3, -0.25) is 9.82 Å². The third-order valence-corrected chi connectivity index (χ3v) is 4.17. The third-order valence-electron chi connectivity index (χ3n) is 2.42. The molecule has 0 bridgehead atoms. The highest BCUT2D eigenvalue weighted by Gasteiger charge is 2.19. The second-order valence-corrected chi connectivity index (χ2v) is 5.87. The standard InChI is InChI=1S/C11H9ClN4O2S/c1-7-4-9(12)2-3-10(7)19(17,18)16-11-8(5-13)6-14-15-11/h2-4,6H,1H3,(H2,14,15,16). The summed E-state index contributed by atoms with van der Waals surface area (Å²) < 4.78 is 26.7. The van der Waals surface area contributed by atoms with Gasteiger partial charge in [-0.1, -0.05) is 11.6 Å². The van der Waals surface area contributed by atoms with Gasteiger partial charge in [-0.15, -0.1) is 0 Å². The number of aromatic amines is 1. The summed E-state index contributed by atoms with van der Waals surface area (Å²) in [6.45, 7) is 1.64. The van der Waals surface area contributed by atoms with Crippen molar-refractivity contribution in [3.63, 3.8) is 0 Å². The summed E-state index contributed by atoms with van der Waals surface area (Å²) in [4.78, 5) is 0.0930. The number of anilines is 1. The van der Waals surface area contributed by atoms with Crippen LogP contribution in [0.2, 0.25) is 5.02 Å². The predicted molar refractivity (Wildman–Crippen MR) is 70.3 cm³/mol. The minimum absolute atomic E-state index is 0.0388. The second kappa shape index (κ2) is 4.91. The Labute approximate surface area is 115 Å². The number of nitrogens with zero attached hydrogens (tertiary/aromatic N) is 2. The highest BCUT2D eigenvalue weighted by atomic mass is 35.5. The van der Waals surface area contributed by atoms with Gasteiger partial charge in [-0.25, -0.2) is 8.42 Å². The van der Waals surface area contributed by atoms with Crippen molar-refractivity contribution in [1.82, 2.24) is 10.2 Å². The van der Waals surface area contributed by atoms with Crippen LogP contribution in [0.15, 0.2) is 29.3 Å². The van der Waals surface area contributed by atoms with Crippen LogP contribution < -0.4 is 4.72 Å². The van der Waals surface area contributed by atoms with Crippen LogP contribution in [0.5, 0.6) is 0 Å². The first kappa shape index (κ1) is 13.4. The highest BCUT2D eigenvalue weighted by Crippen LogP contribution is 2.22. The molecular weight excluding hydrogens is 288 g/mol. The van der Waals surface area contributed by atoms with Gasteiger partial charge in [-0.2, -0.15) is 10.4 Å². The van der Waals surface area contributed by atoms with Gasteiger partial charge in [0.25, 0.3) is 10.0 Å². The largest absolute Gasteiger partial charge is 0.263 e. The van der Waals surface area contributed by atoms with Crippen LogP contribution in [0.4, 0.5) is 5.82 Å². The Hall–Kier alpha value is -2.04. The Bertz CT molecular complexity index is 761. The maximum atomic E-state index is 12.2. The summed E-state index contributed by atoms with van der Waals surface area (Å²) in [5.41, 5.74) is 0.633. The fraction of sp³-hybridized carbons (Fsp3) is 0.0909. The van der Waals surface area contributed by atoms with Crippen molar-refractivity contribution in [2.45, 2.75) is 11.8 Å². The molecule has 2 N–H and O–H groups in total. The molecule has 0 saturated heterocycles. The molecule has 0 radical (unpaired) electrons. The Balaban J connectivity index is 2.41. The van der Waals surface area contributed by atoms with E-state index in [-0.39, 0.29) is 16.3 Å².